The van der Waals surface area contributed by atoms with Crippen LogP contribution in [0.5, 0.6) is 0 Å². The van der Waals surface area contributed by atoms with Crippen molar-refractivity contribution in [2.24, 2.45) is 0 Å². The van der Waals surface area contributed by atoms with Gasteiger partial charge in [0.2, 0.25) is 0 Å². The lowest BCUT2D eigenvalue weighted by Crippen LogP contribution is -2.37. The third kappa shape index (κ3) is 2.89. The van der Waals surface area contributed by atoms with Crippen LogP contribution in [0, 0.1) is 12.7 Å². The van der Waals surface area contributed by atoms with Crippen LogP contribution in [0.15, 0.2) is 30.5 Å². The van der Waals surface area contributed by atoms with Crippen molar-refractivity contribution in [3.05, 3.63) is 47.5 Å². The SMILES string of the molecule is Cc1c(C(=O)N2CCCC2CC(=O)O)cnn1-c1ccccc1F. The normalized spacial score (nSPS) is 17.2. The number of benzene rings is 1. The molecular formula is C17H18FN3O3. The van der Waals surface area contributed by atoms with Crippen LogP contribution >= 0.6 is 0 Å². The van der Waals surface area contributed by atoms with E-state index < -0.39 is 11.8 Å². The van der Waals surface area contributed by atoms with Crippen molar-refractivity contribution >= 4 is 11.9 Å². The highest BCUT2D eigenvalue weighted by molar-refractivity contribution is 5.95. The van der Waals surface area contributed by atoms with Gasteiger partial charge in [-0.05, 0) is 31.9 Å². The first kappa shape index (κ1) is 16.2. The number of nitrogens with zero attached hydrogens (tertiary/aromatic N) is 3. The van der Waals surface area contributed by atoms with Gasteiger partial charge in [0, 0.05) is 12.6 Å². The molecule has 1 atom stereocenters. The molecule has 3 rings (SSSR count). The van der Waals surface area contributed by atoms with Gasteiger partial charge in [-0.1, -0.05) is 12.1 Å². The van der Waals surface area contributed by atoms with Crippen LogP contribution in [0.25, 0.3) is 5.69 Å². The first-order valence-electron chi connectivity index (χ1n) is 7.81. The molecule has 126 valence electrons. The number of amides is 1. The Morgan fingerprint density at radius 3 is 2.83 bits per heavy atom. The zero-order chi connectivity index (χ0) is 17.3. The van der Waals surface area contributed by atoms with Crippen LogP contribution in [-0.4, -0.2) is 44.3 Å². The number of halogens is 1. The van der Waals surface area contributed by atoms with E-state index in [4.69, 9.17) is 5.11 Å². The Kier molecular flexibility index (Phi) is 4.33. The van der Waals surface area contributed by atoms with Crippen molar-refractivity contribution in [3.63, 3.8) is 0 Å². The highest BCUT2D eigenvalue weighted by atomic mass is 19.1. The molecule has 24 heavy (non-hydrogen) atoms. The lowest BCUT2D eigenvalue weighted by Gasteiger charge is -2.23. The molecule has 2 heterocycles. The first-order chi connectivity index (χ1) is 11.5. The number of carboxylic acids is 1. The molecule has 0 saturated carbocycles. The Hall–Kier alpha value is -2.70. The zero-order valence-electron chi connectivity index (χ0n) is 13.3. The molecular weight excluding hydrogens is 313 g/mol. The zero-order valence-corrected chi connectivity index (χ0v) is 13.3. The van der Waals surface area contributed by atoms with Crippen molar-refractivity contribution in [2.75, 3.05) is 6.54 Å². The third-order valence-electron chi connectivity index (χ3n) is 4.37. The standard InChI is InChI=1S/C17H18FN3O3/c1-11-13(10-19-21(11)15-7-3-2-6-14(15)18)17(24)20-8-4-5-12(20)9-16(22)23/h2-3,6-7,10,12H,4-5,8-9H2,1H3,(H,22,23). The van der Waals surface area contributed by atoms with Gasteiger partial charge in [-0.3, -0.25) is 9.59 Å². The van der Waals surface area contributed by atoms with Crippen molar-refractivity contribution in [1.82, 2.24) is 14.7 Å². The maximum absolute atomic E-state index is 14.0. The highest BCUT2D eigenvalue weighted by Gasteiger charge is 2.32. The number of aliphatic carboxylic acids is 1. The lowest BCUT2D eigenvalue weighted by atomic mass is 10.1. The summed E-state index contributed by atoms with van der Waals surface area (Å²) in [4.78, 5) is 25.3. The molecule has 7 heteroatoms. The molecule has 1 fully saturated rings. The summed E-state index contributed by atoms with van der Waals surface area (Å²) in [6.07, 6.45) is 2.81. The molecule has 2 aromatic rings. The van der Waals surface area contributed by atoms with Crippen molar-refractivity contribution < 1.29 is 19.1 Å². The van der Waals surface area contributed by atoms with E-state index in [0.717, 1.165) is 6.42 Å². The quantitative estimate of drug-likeness (QED) is 0.933. The maximum atomic E-state index is 14.0. The molecule has 0 spiro atoms. The molecule has 1 aliphatic rings. The molecule has 1 aliphatic heterocycles. The highest BCUT2D eigenvalue weighted by Crippen LogP contribution is 2.25. The molecule has 1 unspecified atom stereocenters. The average molecular weight is 331 g/mol. The second kappa shape index (κ2) is 6.43. The van der Waals surface area contributed by atoms with Crippen molar-refractivity contribution in [1.29, 1.82) is 0 Å². The number of aromatic nitrogens is 2. The number of hydrogen-bond acceptors (Lipinski definition) is 3. The van der Waals surface area contributed by atoms with E-state index in [0.29, 0.717) is 24.2 Å². The molecule has 1 N–H and O–H groups in total. The Balaban J connectivity index is 1.89. The fraction of sp³-hybridized carbons (Fsp3) is 0.353. The van der Waals surface area contributed by atoms with Crippen LogP contribution in [0.4, 0.5) is 4.39 Å². The third-order valence-corrected chi connectivity index (χ3v) is 4.37. The Morgan fingerprint density at radius 2 is 2.12 bits per heavy atom. The fourth-order valence-corrected chi connectivity index (χ4v) is 3.16. The van der Waals surface area contributed by atoms with Gasteiger partial charge in [0.15, 0.2) is 0 Å². The summed E-state index contributed by atoms with van der Waals surface area (Å²) in [5.74, 6) is -1.59. The van der Waals surface area contributed by atoms with E-state index in [2.05, 4.69) is 5.10 Å². The van der Waals surface area contributed by atoms with Gasteiger partial charge >= 0.3 is 5.97 Å². The van der Waals surface area contributed by atoms with Crippen LogP contribution < -0.4 is 0 Å². The van der Waals surface area contributed by atoms with E-state index in [1.807, 2.05) is 0 Å². The monoisotopic (exact) mass is 331 g/mol. The molecule has 1 aromatic heterocycles. The van der Waals surface area contributed by atoms with Gasteiger partial charge in [-0.2, -0.15) is 5.10 Å². The van der Waals surface area contributed by atoms with Crippen molar-refractivity contribution in [3.8, 4) is 5.69 Å². The number of carbonyl (C=O) groups excluding carboxylic acids is 1. The number of carboxylic acid groups (broad SMARTS) is 1. The summed E-state index contributed by atoms with van der Waals surface area (Å²) in [5.41, 5.74) is 1.18. The lowest BCUT2D eigenvalue weighted by molar-refractivity contribution is -0.137. The largest absolute Gasteiger partial charge is 0.481 e. The Bertz CT molecular complexity index is 787. The van der Waals surface area contributed by atoms with E-state index in [9.17, 15) is 14.0 Å². The van der Waals surface area contributed by atoms with Crippen LogP contribution in [-0.2, 0) is 4.79 Å². The van der Waals surface area contributed by atoms with Crippen LogP contribution in [0.2, 0.25) is 0 Å². The van der Waals surface area contributed by atoms with Crippen molar-refractivity contribution in [2.45, 2.75) is 32.2 Å². The van der Waals surface area contributed by atoms with E-state index in [1.165, 1.54) is 16.9 Å². The molecule has 1 aromatic carbocycles. The summed E-state index contributed by atoms with van der Waals surface area (Å²) < 4.78 is 15.3. The predicted octanol–water partition coefficient (Wildman–Crippen LogP) is 2.40. The first-order valence-corrected chi connectivity index (χ1v) is 7.81. The van der Waals surface area contributed by atoms with E-state index in [1.54, 1.807) is 30.0 Å². The number of para-hydroxylation sites is 1. The minimum Gasteiger partial charge on any atom is -0.481 e. The Labute approximate surface area is 138 Å². The number of carbonyl (C=O) groups is 2. The predicted molar refractivity (Wildman–Crippen MR) is 84.6 cm³/mol. The second-order valence-electron chi connectivity index (χ2n) is 5.90. The fourth-order valence-electron chi connectivity index (χ4n) is 3.16. The minimum atomic E-state index is -0.918. The van der Waals surface area contributed by atoms with Gasteiger partial charge in [-0.25, -0.2) is 9.07 Å². The Morgan fingerprint density at radius 1 is 1.38 bits per heavy atom. The molecule has 6 nitrogen and oxygen atoms in total. The number of rotatable bonds is 4. The summed E-state index contributed by atoms with van der Waals surface area (Å²) in [5, 5.41) is 13.1. The van der Waals surface area contributed by atoms with Crippen LogP contribution in [0.1, 0.15) is 35.3 Å². The van der Waals surface area contributed by atoms with Gasteiger partial charge in [0.25, 0.3) is 5.91 Å². The average Bonchev–Trinajstić information content (AvgIpc) is 3.13. The van der Waals surface area contributed by atoms with Gasteiger partial charge < -0.3 is 10.0 Å². The van der Waals surface area contributed by atoms with Crippen LogP contribution in [0.3, 0.4) is 0 Å². The summed E-state index contributed by atoms with van der Waals surface area (Å²) in [6, 6.07) is 5.91. The molecule has 0 radical (unpaired) electrons. The summed E-state index contributed by atoms with van der Waals surface area (Å²) in [7, 11) is 0. The molecule has 0 bridgehead atoms. The van der Waals surface area contributed by atoms with Gasteiger partial charge in [0.05, 0.1) is 23.9 Å². The van der Waals surface area contributed by atoms with E-state index in [-0.39, 0.29) is 24.1 Å². The smallest absolute Gasteiger partial charge is 0.305 e. The maximum Gasteiger partial charge on any atom is 0.305 e. The van der Waals surface area contributed by atoms with E-state index >= 15 is 0 Å². The topological polar surface area (TPSA) is 75.4 Å². The number of hydrogen-bond donors (Lipinski definition) is 1. The minimum absolute atomic E-state index is 0.0633. The van der Waals surface area contributed by atoms with Gasteiger partial charge in [-0.15, -0.1) is 0 Å². The molecule has 0 aliphatic carbocycles. The molecule has 1 saturated heterocycles. The summed E-state index contributed by atoms with van der Waals surface area (Å²) >= 11 is 0. The van der Waals surface area contributed by atoms with Gasteiger partial charge in [0.1, 0.15) is 11.5 Å². The molecule has 1 amide bonds. The second-order valence-corrected chi connectivity index (χ2v) is 5.90. The number of likely N-dealkylation sites (tertiary alicyclic amines) is 1. The summed E-state index contributed by atoms with van der Waals surface area (Å²) in [6.45, 7) is 2.23.